The van der Waals surface area contributed by atoms with Crippen LogP contribution in [0.3, 0.4) is 0 Å². The maximum atomic E-state index is 13.0. The van der Waals surface area contributed by atoms with Crippen LogP contribution in [-0.4, -0.2) is 43.9 Å². The number of carbonyl (C=O) groups excluding carboxylic acids is 1. The molecule has 9 nitrogen and oxygen atoms in total. The second-order valence-electron chi connectivity index (χ2n) is 8.19. The van der Waals surface area contributed by atoms with Crippen LogP contribution in [0.2, 0.25) is 5.02 Å². The van der Waals surface area contributed by atoms with E-state index in [0.717, 1.165) is 24.2 Å². The third-order valence-corrected chi connectivity index (χ3v) is 6.14. The minimum absolute atomic E-state index is 0.293. The van der Waals surface area contributed by atoms with Gasteiger partial charge in [-0.05, 0) is 25.0 Å². The molecule has 0 aliphatic heterocycles. The number of nitrogens with one attached hydrogen (secondary N) is 2. The van der Waals surface area contributed by atoms with Crippen LogP contribution in [0.25, 0.3) is 22.3 Å². The Kier molecular flexibility index (Phi) is 6.90. The molecule has 0 unspecified atom stereocenters. The van der Waals surface area contributed by atoms with Gasteiger partial charge in [-0.3, -0.25) is 4.79 Å². The van der Waals surface area contributed by atoms with Crippen molar-refractivity contribution >= 4 is 34.4 Å². The molecule has 182 valence electrons. The van der Waals surface area contributed by atoms with E-state index in [2.05, 4.69) is 43.0 Å². The smallest absolute Gasteiger partial charge is 0.257 e. The summed E-state index contributed by atoms with van der Waals surface area (Å²) in [6.07, 6.45) is 4.13. The number of aryl methyl sites for hydroxylation is 1. The van der Waals surface area contributed by atoms with Crippen molar-refractivity contribution in [3.8, 4) is 11.3 Å². The molecule has 10 heteroatoms. The molecule has 0 aliphatic rings. The zero-order valence-corrected chi connectivity index (χ0v) is 20.4. The molecular formula is C26H24ClN7O2. The zero-order valence-electron chi connectivity index (χ0n) is 19.6. The lowest BCUT2D eigenvalue weighted by Crippen LogP contribution is -2.28. The van der Waals surface area contributed by atoms with E-state index in [1.165, 1.54) is 11.9 Å². The first-order valence-electron chi connectivity index (χ1n) is 11.6. The molecule has 0 saturated heterocycles. The minimum Gasteiger partial charge on any atom is -0.369 e. The average molecular weight is 502 g/mol. The Balaban J connectivity index is 1.24. The van der Waals surface area contributed by atoms with Gasteiger partial charge in [-0.25, -0.2) is 14.6 Å². The fourth-order valence-electron chi connectivity index (χ4n) is 4.01. The minimum atomic E-state index is -0.293. The van der Waals surface area contributed by atoms with Crippen LogP contribution in [-0.2, 0) is 13.0 Å². The molecule has 36 heavy (non-hydrogen) atoms. The highest BCUT2D eigenvalue weighted by Crippen LogP contribution is 2.30. The van der Waals surface area contributed by atoms with Gasteiger partial charge in [0.1, 0.15) is 29.2 Å². The molecule has 0 spiro atoms. The van der Waals surface area contributed by atoms with Crippen molar-refractivity contribution < 1.29 is 9.32 Å². The van der Waals surface area contributed by atoms with Gasteiger partial charge < -0.3 is 15.2 Å². The average Bonchev–Trinajstić information content (AvgIpc) is 3.49. The summed E-state index contributed by atoms with van der Waals surface area (Å²) in [5.74, 6) is 0.861. The Morgan fingerprint density at radius 1 is 1.06 bits per heavy atom. The Morgan fingerprint density at radius 3 is 2.69 bits per heavy atom. The van der Waals surface area contributed by atoms with Crippen molar-refractivity contribution in [1.82, 2.24) is 30.2 Å². The van der Waals surface area contributed by atoms with Crippen LogP contribution in [0.1, 0.15) is 21.7 Å². The molecule has 0 saturated carbocycles. The topological polar surface area (TPSA) is 111 Å². The predicted molar refractivity (Wildman–Crippen MR) is 138 cm³/mol. The SMILES string of the molecule is Cc1onc(-c2ccccc2Cl)c1C(=O)NCCn1ncc2c(NCCc3ccccc3)ncnc21. The second-order valence-corrected chi connectivity index (χ2v) is 8.59. The van der Waals surface area contributed by atoms with Crippen LogP contribution in [0.5, 0.6) is 0 Å². The first-order valence-corrected chi connectivity index (χ1v) is 11.9. The van der Waals surface area contributed by atoms with Gasteiger partial charge in [-0.15, -0.1) is 0 Å². The summed E-state index contributed by atoms with van der Waals surface area (Å²) in [7, 11) is 0. The highest BCUT2D eigenvalue weighted by atomic mass is 35.5. The van der Waals surface area contributed by atoms with Crippen LogP contribution in [0, 0.1) is 6.92 Å². The van der Waals surface area contributed by atoms with Crippen LogP contribution in [0.4, 0.5) is 5.82 Å². The van der Waals surface area contributed by atoms with Gasteiger partial charge in [0.05, 0.1) is 23.2 Å². The van der Waals surface area contributed by atoms with Crippen molar-refractivity contribution in [1.29, 1.82) is 0 Å². The number of aromatic nitrogens is 5. The summed E-state index contributed by atoms with van der Waals surface area (Å²) in [6.45, 7) is 3.21. The van der Waals surface area contributed by atoms with E-state index in [9.17, 15) is 4.79 Å². The predicted octanol–water partition coefficient (Wildman–Crippen LogP) is 4.53. The lowest BCUT2D eigenvalue weighted by molar-refractivity contribution is 0.0951. The van der Waals surface area contributed by atoms with Crippen molar-refractivity contribution in [2.24, 2.45) is 0 Å². The highest BCUT2D eigenvalue weighted by Gasteiger charge is 2.23. The van der Waals surface area contributed by atoms with Gasteiger partial charge in [0.15, 0.2) is 5.65 Å². The number of anilines is 1. The summed E-state index contributed by atoms with van der Waals surface area (Å²) in [5.41, 5.74) is 3.37. The monoisotopic (exact) mass is 501 g/mol. The molecule has 5 rings (SSSR count). The normalized spacial score (nSPS) is 11.1. The number of fused-ring (bicyclic) bond motifs is 1. The summed E-state index contributed by atoms with van der Waals surface area (Å²) in [5, 5.41) is 16.1. The molecular weight excluding hydrogens is 478 g/mol. The van der Waals surface area contributed by atoms with Crippen molar-refractivity contribution in [2.75, 3.05) is 18.4 Å². The molecule has 0 aliphatic carbocycles. The van der Waals surface area contributed by atoms with Crippen molar-refractivity contribution in [3.05, 3.63) is 89.0 Å². The first-order chi connectivity index (χ1) is 17.6. The molecule has 0 bridgehead atoms. The van der Waals surface area contributed by atoms with E-state index in [1.807, 2.05) is 30.3 Å². The molecule has 2 aromatic carbocycles. The summed E-state index contributed by atoms with van der Waals surface area (Å²) < 4.78 is 7.04. The molecule has 0 atom stereocenters. The fourth-order valence-corrected chi connectivity index (χ4v) is 4.23. The third-order valence-electron chi connectivity index (χ3n) is 5.81. The lowest BCUT2D eigenvalue weighted by Gasteiger charge is -2.08. The van der Waals surface area contributed by atoms with Gasteiger partial charge >= 0.3 is 0 Å². The summed E-state index contributed by atoms with van der Waals surface area (Å²) in [4.78, 5) is 21.8. The van der Waals surface area contributed by atoms with E-state index in [1.54, 1.807) is 29.9 Å². The number of carbonyl (C=O) groups is 1. The fraction of sp³-hybridized carbons (Fsp3) is 0.192. The second kappa shape index (κ2) is 10.6. The highest BCUT2D eigenvalue weighted by molar-refractivity contribution is 6.33. The van der Waals surface area contributed by atoms with Gasteiger partial charge in [0, 0.05) is 18.7 Å². The number of rotatable bonds is 9. The Labute approximate surface area is 212 Å². The standard InChI is InChI=1S/C26H24ClN7O2/c1-17-22(23(33-36-17)19-9-5-6-10-21(19)27)26(35)29-13-14-34-25-20(15-32-34)24(30-16-31-25)28-12-11-18-7-3-2-4-8-18/h2-10,15-16H,11-14H2,1H3,(H,29,35)(H,28,30,31). The maximum absolute atomic E-state index is 13.0. The molecule has 2 N–H and O–H groups in total. The number of hydrogen-bond donors (Lipinski definition) is 2. The third kappa shape index (κ3) is 4.92. The van der Waals surface area contributed by atoms with Gasteiger partial charge in [0.2, 0.25) is 0 Å². The molecule has 1 amide bonds. The van der Waals surface area contributed by atoms with Gasteiger partial charge in [0.25, 0.3) is 5.91 Å². The van der Waals surface area contributed by atoms with E-state index in [4.69, 9.17) is 16.1 Å². The maximum Gasteiger partial charge on any atom is 0.257 e. The first kappa shape index (κ1) is 23.5. The van der Waals surface area contributed by atoms with Gasteiger partial charge in [-0.2, -0.15) is 5.10 Å². The van der Waals surface area contributed by atoms with Gasteiger partial charge in [-0.1, -0.05) is 65.3 Å². The van der Waals surface area contributed by atoms with Crippen molar-refractivity contribution in [3.63, 3.8) is 0 Å². The van der Waals surface area contributed by atoms with E-state index in [-0.39, 0.29) is 5.91 Å². The van der Waals surface area contributed by atoms with Crippen LogP contribution < -0.4 is 10.6 Å². The van der Waals surface area contributed by atoms with Crippen LogP contribution in [0.15, 0.2) is 71.6 Å². The molecule has 0 fully saturated rings. The number of halogens is 1. The van der Waals surface area contributed by atoms with E-state index < -0.39 is 0 Å². The Hall–Kier alpha value is -4.24. The Morgan fingerprint density at radius 2 is 1.86 bits per heavy atom. The molecule has 0 radical (unpaired) electrons. The van der Waals surface area contributed by atoms with Crippen LogP contribution >= 0.6 is 11.6 Å². The molecule has 3 aromatic heterocycles. The number of amides is 1. The number of benzene rings is 2. The van der Waals surface area contributed by atoms with E-state index >= 15 is 0 Å². The summed E-state index contributed by atoms with van der Waals surface area (Å²) >= 11 is 6.31. The van der Waals surface area contributed by atoms with Crippen molar-refractivity contribution in [2.45, 2.75) is 19.9 Å². The molecule has 5 aromatic rings. The molecule has 3 heterocycles. The Bertz CT molecular complexity index is 1500. The lowest BCUT2D eigenvalue weighted by atomic mass is 10.1. The number of hydrogen-bond acceptors (Lipinski definition) is 7. The quantitative estimate of drug-likeness (QED) is 0.305. The zero-order chi connectivity index (χ0) is 24.9. The largest absolute Gasteiger partial charge is 0.369 e. The summed E-state index contributed by atoms with van der Waals surface area (Å²) in [6, 6.07) is 17.5. The van der Waals surface area contributed by atoms with E-state index in [0.29, 0.717) is 46.3 Å². The number of nitrogens with zero attached hydrogens (tertiary/aromatic N) is 5.